The maximum Gasteiger partial charge on any atom is 0.252 e. The molecule has 1 aliphatic heterocycles. The van der Waals surface area contributed by atoms with Gasteiger partial charge in [0, 0.05) is 13.1 Å². The van der Waals surface area contributed by atoms with Crippen molar-refractivity contribution in [2.75, 3.05) is 23.7 Å². The van der Waals surface area contributed by atoms with Gasteiger partial charge < -0.3 is 10.6 Å². The highest BCUT2D eigenvalue weighted by Gasteiger charge is 2.25. The molecule has 1 saturated heterocycles. The van der Waals surface area contributed by atoms with Crippen LogP contribution >= 0.6 is 0 Å². The van der Waals surface area contributed by atoms with Gasteiger partial charge in [-0.3, -0.25) is 0 Å². The van der Waals surface area contributed by atoms with Crippen LogP contribution < -0.4 is 10.6 Å². The minimum absolute atomic E-state index is 0.161. The second-order valence-electron chi connectivity index (χ2n) is 3.28. The number of nitrogens with two attached hydrogens (primary N) is 1. The van der Waals surface area contributed by atoms with Crippen LogP contribution in [0.5, 0.6) is 0 Å². The third kappa shape index (κ3) is 1.36. The first kappa shape index (κ1) is 9.65. The van der Waals surface area contributed by atoms with Crippen LogP contribution in [0, 0.1) is 23.1 Å². The Morgan fingerprint density at radius 2 is 2.07 bits per heavy atom. The van der Waals surface area contributed by atoms with Gasteiger partial charge in [0.15, 0.2) is 5.69 Å². The lowest BCUT2D eigenvalue weighted by atomic mass is 10.1. The van der Waals surface area contributed by atoms with Crippen molar-refractivity contribution < 1.29 is 8.78 Å². The second kappa shape index (κ2) is 3.35. The van der Waals surface area contributed by atoms with Crippen LogP contribution in [0.4, 0.5) is 20.2 Å². The third-order valence-electron chi connectivity index (χ3n) is 2.39. The molecule has 0 unspecified atom stereocenters. The number of nitrogen functional groups attached to an aromatic ring is 1. The molecule has 1 fully saturated rings. The molecule has 0 spiro atoms. The van der Waals surface area contributed by atoms with Crippen molar-refractivity contribution in [2.45, 2.75) is 6.42 Å². The summed E-state index contributed by atoms with van der Waals surface area (Å²) in [6.45, 7) is 1.37. The Hall–Kier alpha value is -1.90. The predicted molar refractivity (Wildman–Crippen MR) is 50.1 cm³/mol. The predicted octanol–water partition coefficient (Wildman–Crippen LogP) is 1.02. The highest BCUT2D eigenvalue weighted by Crippen LogP contribution is 2.32. The molecule has 1 aromatic heterocycles. The molecule has 2 heterocycles. The van der Waals surface area contributed by atoms with E-state index in [2.05, 4.69) is 4.98 Å². The number of hydrogen-bond acceptors (Lipinski definition) is 4. The summed E-state index contributed by atoms with van der Waals surface area (Å²) >= 11 is 0. The van der Waals surface area contributed by atoms with Gasteiger partial charge in [0.1, 0.15) is 11.8 Å². The van der Waals surface area contributed by atoms with Crippen molar-refractivity contribution in [1.82, 2.24) is 4.98 Å². The number of nitrogens with zero attached hydrogens (tertiary/aromatic N) is 3. The molecule has 0 bridgehead atoms. The molecule has 15 heavy (non-hydrogen) atoms. The summed E-state index contributed by atoms with van der Waals surface area (Å²) in [5.41, 5.74) is 5.14. The van der Waals surface area contributed by atoms with E-state index in [0.717, 1.165) is 6.42 Å². The van der Waals surface area contributed by atoms with Gasteiger partial charge in [0.2, 0.25) is 5.82 Å². The molecule has 6 heteroatoms. The quantitative estimate of drug-likeness (QED) is 0.703. The number of aromatic nitrogens is 1. The lowest BCUT2D eigenvalue weighted by Gasteiger charge is -2.34. The number of nitriles is 1. The number of pyridine rings is 1. The third-order valence-corrected chi connectivity index (χ3v) is 2.39. The van der Waals surface area contributed by atoms with E-state index < -0.39 is 11.8 Å². The van der Waals surface area contributed by atoms with Crippen LogP contribution in [0.25, 0.3) is 0 Å². The van der Waals surface area contributed by atoms with Crippen LogP contribution in [0.3, 0.4) is 0 Å². The number of hydrogen-bond donors (Lipinski definition) is 1. The maximum absolute atomic E-state index is 13.1. The van der Waals surface area contributed by atoms with Crippen LogP contribution in [-0.4, -0.2) is 18.1 Å². The summed E-state index contributed by atoms with van der Waals surface area (Å²) in [7, 11) is 0. The molecule has 2 rings (SSSR count). The molecule has 0 saturated carbocycles. The molecule has 78 valence electrons. The summed E-state index contributed by atoms with van der Waals surface area (Å²) in [6.07, 6.45) is 0.948. The normalized spacial score (nSPS) is 14.6. The zero-order chi connectivity index (χ0) is 11.0. The van der Waals surface area contributed by atoms with Crippen LogP contribution in [0.2, 0.25) is 0 Å². The molecular formula is C9H8F2N4. The number of halogens is 2. The van der Waals surface area contributed by atoms with E-state index in [1.54, 1.807) is 11.0 Å². The summed E-state index contributed by atoms with van der Waals surface area (Å²) in [5.74, 6) is -2.51. The monoisotopic (exact) mass is 210 g/mol. The van der Waals surface area contributed by atoms with Crippen LogP contribution in [0.15, 0.2) is 0 Å². The van der Waals surface area contributed by atoms with E-state index in [-0.39, 0.29) is 17.1 Å². The maximum atomic E-state index is 13.1. The van der Waals surface area contributed by atoms with Gasteiger partial charge >= 0.3 is 0 Å². The van der Waals surface area contributed by atoms with Gasteiger partial charge in [0.25, 0.3) is 5.95 Å². The molecule has 0 radical (unpaired) electrons. The Labute approximate surface area is 84.9 Å². The fourth-order valence-corrected chi connectivity index (χ4v) is 1.48. The van der Waals surface area contributed by atoms with Gasteiger partial charge in [-0.1, -0.05) is 0 Å². The molecule has 4 nitrogen and oxygen atoms in total. The summed E-state index contributed by atoms with van der Waals surface area (Å²) in [4.78, 5) is 4.94. The zero-order valence-electron chi connectivity index (χ0n) is 7.80. The highest BCUT2D eigenvalue weighted by atomic mass is 19.2. The van der Waals surface area contributed by atoms with E-state index in [9.17, 15) is 8.78 Å². The van der Waals surface area contributed by atoms with Crippen molar-refractivity contribution in [3.8, 4) is 6.07 Å². The zero-order valence-corrected chi connectivity index (χ0v) is 7.80. The average Bonchev–Trinajstić information content (AvgIpc) is 2.15. The fraction of sp³-hybridized carbons (Fsp3) is 0.333. The molecule has 0 aliphatic carbocycles. The molecule has 1 aromatic rings. The van der Waals surface area contributed by atoms with E-state index >= 15 is 0 Å². The van der Waals surface area contributed by atoms with E-state index in [4.69, 9.17) is 11.0 Å². The Morgan fingerprint density at radius 1 is 1.40 bits per heavy atom. The van der Waals surface area contributed by atoms with Gasteiger partial charge in [0.05, 0.1) is 5.69 Å². The first-order valence-corrected chi connectivity index (χ1v) is 4.44. The molecule has 0 amide bonds. The van der Waals surface area contributed by atoms with Gasteiger partial charge in [-0.15, -0.1) is 0 Å². The molecule has 0 aromatic carbocycles. The first-order valence-electron chi connectivity index (χ1n) is 4.44. The average molecular weight is 210 g/mol. The molecule has 2 N–H and O–H groups in total. The van der Waals surface area contributed by atoms with E-state index in [1.165, 1.54) is 0 Å². The molecule has 0 atom stereocenters. The second-order valence-corrected chi connectivity index (χ2v) is 3.28. The van der Waals surface area contributed by atoms with E-state index in [0.29, 0.717) is 13.1 Å². The molecular weight excluding hydrogens is 202 g/mol. The minimum Gasteiger partial charge on any atom is -0.394 e. The Balaban J connectivity index is 2.60. The van der Waals surface area contributed by atoms with Crippen molar-refractivity contribution >= 4 is 11.4 Å². The molecule has 1 aliphatic rings. The number of anilines is 2. The fourth-order valence-electron chi connectivity index (χ4n) is 1.48. The van der Waals surface area contributed by atoms with Crippen molar-refractivity contribution in [3.63, 3.8) is 0 Å². The number of rotatable bonds is 1. The minimum atomic E-state index is -1.33. The topological polar surface area (TPSA) is 65.9 Å². The largest absolute Gasteiger partial charge is 0.394 e. The lowest BCUT2D eigenvalue weighted by Crippen LogP contribution is -2.38. The van der Waals surface area contributed by atoms with Crippen molar-refractivity contribution in [2.24, 2.45) is 0 Å². The smallest absolute Gasteiger partial charge is 0.252 e. The summed E-state index contributed by atoms with van der Waals surface area (Å²) in [6, 6.07) is 1.71. The van der Waals surface area contributed by atoms with Crippen molar-refractivity contribution in [3.05, 3.63) is 17.5 Å². The Bertz CT molecular complexity index is 448. The Kier molecular flexibility index (Phi) is 2.15. The first-order chi connectivity index (χ1) is 7.15. The highest BCUT2D eigenvalue weighted by molar-refractivity contribution is 5.74. The Morgan fingerprint density at radius 3 is 2.53 bits per heavy atom. The van der Waals surface area contributed by atoms with Gasteiger partial charge in [-0.05, 0) is 6.42 Å². The standard InChI is InChI=1S/C9H8F2N4/c10-6-7(13)8(15-2-1-3-15)5(4-12)14-9(6)11/h1-3H2,(H2,13,14). The lowest BCUT2D eigenvalue weighted by molar-refractivity contribution is 0.479. The van der Waals surface area contributed by atoms with Gasteiger partial charge in [-0.2, -0.15) is 14.0 Å². The summed E-state index contributed by atoms with van der Waals surface area (Å²) in [5, 5.41) is 8.74. The van der Waals surface area contributed by atoms with Crippen molar-refractivity contribution in [1.29, 1.82) is 5.26 Å². The van der Waals surface area contributed by atoms with Crippen LogP contribution in [-0.2, 0) is 0 Å². The SMILES string of the molecule is N#Cc1nc(F)c(F)c(N)c1N1CCC1. The van der Waals surface area contributed by atoms with Gasteiger partial charge in [-0.25, -0.2) is 4.98 Å². The van der Waals surface area contributed by atoms with E-state index in [1.807, 2.05) is 0 Å². The van der Waals surface area contributed by atoms with Crippen LogP contribution in [0.1, 0.15) is 12.1 Å². The summed E-state index contributed by atoms with van der Waals surface area (Å²) < 4.78 is 26.0.